The molecular weight excluding hydrogens is 316 g/mol. The minimum Gasteiger partial charge on any atom is -0.439 e. The van der Waals surface area contributed by atoms with E-state index in [1.54, 1.807) is 0 Å². The number of hydrogen-bond donors (Lipinski definition) is 0. The monoisotopic (exact) mass is 340 g/mol. The Kier molecular flexibility index (Phi) is 5.16. The van der Waals surface area contributed by atoms with Gasteiger partial charge in [-0.3, -0.25) is 4.79 Å². The van der Waals surface area contributed by atoms with Gasteiger partial charge in [-0.1, -0.05) is 32.0 Å². The summed E-state index contributed by atoms with van der Waals surface area (Å²) in [4.78, 5) is 25.0. The summed E-state index contributed by atoms with van der Waals surface area (Å²) in [6, 6.07) is 11.6. The molecule has 6 heteroatoms. The molecule has 6 nitrogen and oxygen atoms in total. The first-order chi connectivity index (χ1) is 12.0. The first-order valence-corrected chi connectivity index (χ1v) is 8.65. The van der Waals surface area contributed by atoms with Crippen LogP contribution in [-0.4, -0.2) is 46.5 Å². The third-order valence-corrected chi connectivity index (χ3v) is 4.32. The van der Waals surface area contributed by atoms with E-state index in [4.69, 9.17) is 4.74 Å². The van der Waals surface area contributed by atoms with Crippen LogP contribution in [0.1, 0.15) is 20.8 Å². The normalized spacial score (nSPS) is 17.7. The molecule has 1 fully saturated rings. The van der Waals surface area contributed by atoms with E-state index in [9.17, 15) is 4.79 Å². The lowest BCUT2D eigenvalue weighted by atomic mass is 10.1. The van der Waals surface area contributed by atoms with Crippen LogP contribution < -0.4 is 9.64 Å². The molecule has 0 saturated carbocycles. The van der Waals surface area contributed by atoms with Crippen LogP contribution >= 0.6 is 0 Å². The summed E-state index contributed by atoms with van der Waals surface area (Å²) in [7, 11) is 0. The molecule has 3 rings (SSSR count). The van der Waals surface area contributed by atoms with Crippen molar-refractivity contribution in [3.05, 3.63) is 42.7 Å². The molecule has 0 N–H and O–H groups in total. The number of rotatable bonds is 4. The molecule has 2 aromatic rings. The summed E-state index contributed by atoms with van der Waals surface area (Å²) in [5.74, 6) is 2.32. The van der Waals surface area contributed by atoms with Gasteiger partial charge in [0.2, 0.25) is 11.8 Å². The maximum Gasteiger partial charge on any atom is 0.225 e. The van der Waals surface area contributed by atoms with Crippen LogP contribution in [0.5, 0.6) is 11.6 Å². The molecule has 0 bridgehead atoms. The van der Waals surface area contributed by atoms with E-state index in [0.717, 1.165) is 24.7 Å². The lowest BCUT2D eigenvalue weighted by Gasteiger charge is -2.41. The zero-order valence-corrected chi connectivity index (χ0v) is 14.9. The second kappa shape index (κ2) is 7.51. The Balaban J connectivity index is 1.69. The molecule has 1 unspecified atom stereocenters. The SMILES string of the molecule is CC(C)C(=O)N1CCN(c2cc(Oc3ccccc3)ncn2)CC1C. The standard InChI is InChI=1S/C19H24N4O2/c1-14(2)19(24)23-10-9-22(12-15(23)3)17-11-18(21-13-20-17)25-16-7-5-4-6-8-16/h4-8,11,13-15H,9-10,12H2,1-3H3. The molecule has 25 heavy (non-hydrogen) atoms. The van der Waals surface area contributed by atoms with E-state index in [-0.39, 0.29) is 17.9 Å². The van der Waals surface area contributed by atoms with Gasteiger partial charge in [-0.2, -0.15) is 0 Å². The first kappa shape index (κ1) is 17.2. The van der Waals surface area contributed by atoms with Crippen LogP contribution in [0.3, 0.4) is 0 Å². The highest BCUT2D eigenvalue weighted by Crippen LogP contribution is 2.24. The number of para-hydroxylation sites is 1. The van der Waals surface area contributed by atoms with Crippen molar-refractivity contribution < 1.29 is 9.53 Å². The van der Waals surface area contributed by atoms with Crippen molar-refractivity contribution in [3.63, 3.8) is 0 Å². The fourth-order valence-electron chi connectivity index (χ4n) is 2.99. The zero-order chi connectivity index (χ0) is 17.8. The van der Waals surface area contributed by atoms with Gasteiger partial charge in [-0.25, -0.2) is 9.97 Å². The number of nitrogens with zero attached hydrogens (tertiary/aromatic N) is 4. The molecule has 1 aliphatic heterocycles. The summed E-state index contributed by atoms with van der Waals surface area (Å²) in [6.07, 6.45) is 1.52. The smallest absolute Gasteiger partial charge is 0.225 e. The summed E-state index contributed by atoms with van der Waals surface area (Å²) >= 11 is 0. The van der Waals surface area contributed by atoms with Crippen molar-refractivity contribution in [2.75, 3.05) is 24.5 Å². The number of piperazine rings is 1. The van der Waals surface area contributed by atoms with Gasteiger partial charge in [0.15, 0.2) is 0 Å². The van der Waals surface area contributed by atoms with Gasteiger partial charge in [0.05, 0.1) is 0 Å². The molecule has 1 saturated heterocycles. The van der Waals surface area contributed by atoms with Gasteiger partial charge < -0.3 is 14.5 Å². The summed E-state index contributed by atoms with van der Waals surface area (Å²) in [5, 5.41) is 0. The van der Waals surface area contributed by atoms with Gasteiger partial charge in [0.1, 0.15) is 17.9 Å². The van der Waals surface area contributed by atoms with E-state index in [2.05, 4.69) is 21.8 Å². The fraction of sp³-hybridized carbons (Fsp3) is 0.421. The molecule has 1 aliphatic rings. The Hall–Kier alpha value is -2.63. The molecule has 1 aromatic heterocycles. The number of anilines is 1. The average Bonchev–Trinajstić information content (AvgIpc) is 2.62. The van der Waals surface area contributed by atoms with E-state index < -0.39 is 0 Å². The number of carbonyl (C=O) groups excluding carboxylic acids is 1. The van der Waals surface area contributed by atoms with Gasteiger partial charge in [0, 0.05) is 37.7 Å². The predicted molar refractivity (Wildman–Crippen MR) is 96.8 cm³/mol. The van der Waals surface area contributed by atoms with E-state index in [0.29, 0.717) is 12.4 Å². The number of carbonyl (C=O) groups is 1. The van der Waals surface area contributed by atoms with Crippen LogP contribution in [0.2, 0.25) is 0 Å². The largest absolute Gasteiger partial charge is 0.439 e. The minimum absolute atomic E-state index is 0.0268. The van der Waals surface area contributed by atoms with Gasteiger partial charge >= 0.3 is 0 Å². The average molecular weight is 340 g/mol. The van der Waals surface area contributed by atoms with Crippen molar-refractivity contribution >= 4 is 11.7 Å². The highest BCUT2D eigenvalue weighted by atomic mass is 16.5. The third kappa shape index (κ3) is 4.07. The molecule has 1 atom stereocenters. The van der Waals surface area contributed by atoms with Crippen LogP contribution in [0, 0.1) is 5.92 Å². The molecular formula is C19H24N4O2. The summed E-state index contributed by atoms with van der Waals surface area (Å²) in [5.41, 5.74) is 0. The first-order valence-electron chi connectivity index (χ1n) is 8.65. The Bertz CT molecular complexity index is 720. The topological polar surface area (TPSA) is 58.6 Å². The van der Waals surface area contributed by atoms with Gasteiger partial charge in [-0.05, 0) is 19.1 Å². The van der Waals surface area contributed by atoms with Crippen molar-refractivity contribution in [1.82, 2.24) is 14.9 Å². The molecule has 2 heterocycles. The molecule has 0 spiro atoms. The number of amides is 1. The molecule has 1 aromatic carbocycles. The summed E-state index contributed by atoms with van der Waals surface area (Å²) in [6.45, 7) is 8.18. The Morgan fingerprint density at radius 1 is 1.20 bits per heavy atom. The van der Waals surface area contributed by atoms with E-state index >= 15 is 0 Å². The van der Waals surface area contributed by atoms with Crippen molar-refractivity contribution in [2.24, 2.45) is 5.92 Å². The zero-order valence-electron chi connectivity index (χ0n) is 14.9. The molecule has 1 amide bonds. The van der Waals surface area contributed by atoms with Crippen LogP contribution in [0.25, 0.3) is 0 Å². The number of ether oxygens (including phenoxy) is 1. The van der Waals surface area contributed by atoms with Crippen molar-refractivity contribution in [2.45, 2.75) is 26.8 Å². The fourth-order valence-corrected chi connectivity index (χ4v) is 2.99. The second-order valence-corrected chi connectivity index (χ2v) is 6.61. The molecule has 132 valence electrons. The maximum atomic E-state index is 12.3. The number of aromatic nitrogens is 2. The van der Waals surface area contributed by atoms with Gasteiger partial charge in [0.25, 0.3) is 0 Å². The van der Waals surface area contributed by atoms with E-state index in [1.807, 2.05) is 55.1 Å². The second-order valence-electron chi connectivity index (χ2n) is 6.61. The van der Waals surface area contributed by atoms with Crippen molar-refractivity contribution in [3.8, 4) is 11.6 Å². The predicted octanol–water partition coefficient (Wildman–Crippen LogP) is 2.96. The van der Waals surface area contributed by atoms with E-state index in [1.165, 1.54) is 6.33 Å². The van der Waals surface area contributed by atoms with Crippen LogP contribution in [-0.2, 0) is 4.79 Å². The highest BCUT2D eigenvalue weighted by molar-refractivity contribution is 5.78. The van der Waals surface area contributed by atoms with Crippen LogP contribution in [0.15, 0.2) is 42.7 Å². The molecule has 0 aliphatic carbocycles. The Labute approximate surface area is 148 Å². The minimum atomic E-state index is 0.0268. The Morgan fingerprint density at radius 3 is 2.64 bits per heavy atom. The maximum absolute atomic E-state index is 12.3. The number of hydrogen-bond acceptors (Lipinski definition) is 5. The molecule has 0 radical (unpaired) electrons. The lowest BCUT2D eigenvalue weighted by molar-refractivity contribution is -0.136. The van der Waals surface area contributed by atoms with Gasteiger partial charge in [-0.15, -0.1) is 0 Å². The quantitative estimate of drug-likeness (QED) is 0.856. The Morgan fingerprint density at radius 2 is 1.96 bits per heavy atom. The van der Waals surface area contributed by atoms with Crippen molar-refractivity contribution in [1.29, 1.82) is 0 Å². The lowest BCUT2D eigenvalue weighted by Crippen LogP contribution is -2.55. The van der Waals surface area contributed by atoms with Crippen LogP contribution in [0.4, 0.5) is 5.82 Å². The third-order valence-electron chi connectivity index (χ3n) is 4.32. The highest BCUT2D eigenvalue weighted by Gasteiger charge is 2.29. The summed E-state index contributed by atoms with van der Waals surface area (Å²) < 4.78 is 5.79. The number of benzene rings is 1.